The molecule has 59 valence electrons. The van der Waals surface area contributed by atoms with Crippen molar-refractivity contribution in [2.45, 2.75) is 13.8 Å². The van der Waals surface area contributed by atoms with Crippen molar-refractivity contribution in [2.75, 3.05) is 0 Å². The Hall–Kier alpha value is 0.120. The molecule has 4 heteroatoms. The van der Waals surface area contributed by atoms with E-state index in [1.54, 1.807) is 0 Å². The molecule has 1 unspecified atom stereocenters. The number of benzene rings is 1. The fourth-order valence-electron chi connectivity index (χ4n) is 0.959. The van der Waals surface area contributed by atoms with E-state index in [2.05, 4.69) is 0 Å². The zero-order chi connectivity index (χ0) is 8.27. The molecule has 0 amide bonds. The minimum atomic E-state index is -0.722. The third-order valence-corrected chi connectivity index (χ3v) is 1.79. The molecule has 1 aromatic carbocycles. The van der Waals surface area contributed by atoms with Gasteiger partial charge in [-0.1, -0.05) is 17.7 Å². The average molecular weight is 192 g/mol. The van der Waals surface area contributed by atoms with E-state index in [4.69, 9.17) is 4.52 Å². The fraction of sp³-hybridized carbons (Fsp3) is 0.250. The molecule has 0 bridgehead atoms. The molecule has 0 aliphatic carbocycles. The first-order valence-corrected chi connectivity index (χ1v) is 4.17. The van der Waals surface area contributed by atoms with E-state index in [-0.39, 0.29) is 29.6 Å². The topological polar surface area (TPSA) is 26.3 Å². The number of rotatable bonds is 2. The van der Waals surface area contributed by atoms with Gasteiger partial charge in [0, 0.05) is 29.6 Å². The second kappa shape index (κ2) is 5.71. The van der Waals surface area contributed by atoms with E-state index in [0.29, 0.717) is 5.75 Å². The van der Waals surface area contributed by atoms with Gasteiger partial charge in [-0.25, -0.2) is 0 Å². The third-order valence-electron chi connectivity index (χ3n) is 1.48. The SMILES string of the molecule is Cc1ccc(O[PH+]=O)c(C)c1.[Na]. The van der Waals surface area contributed by atoms with Gasteiger partial charge in [0.1, 0.15) is 0 Å². The Morgan fingerprint density at radius 1 is 1.33 bits per heavy atom. The van der Waals surface area contributed by atoms with Gasteiger partial charge in [0.25, 0.3) is 0 Å². The van der Waals surface area contributed by atoms with E-state index in [1.807, 2.05) is 32.0 Å². The molecule has 0 saturated heterocycles. The second-order valence-electron chi connectivity index (χ2n) is 2.45. The van der Waals surface area contributed by atoms with E-state index in [9.17, 15) is 4.57 Å². The van der Waals surface area contributed by atoms with Gasteiger partial charge in [-0.15, -0.1) is 0 Å². The molecule has 1 atom stereocenters. The van der Waals surface area contributed by atoms with Crippen molar-refractivity contribution in [2.24, 2.45) is 0 Å². The van der Waals surface area contributed by atoms with Crippen LogP contribution in [0.3, 0.4) is 0 Å². The van der Waals surface area contributed by atoms with Gasteiger partial charge in [0.2, 0.25) is 0 Å². The van der Waals surface area contributed by atoms with Crippen LogP contribution < -0.4 is 4.52 Å². The number of hydrogen-bond acceptors (Lipinski definition) is 2. The summed E-state index contributed by atoms with van der Waals surface area (Å²) >= 11 is 0. The summed E-state index contributed by atoms with van der Waals surface area (Å²) in [6.45, 7) is 3.94. The third kappa shape index (κ3) is 3.24. The van der Waals surface area contributed by atoms with Crippen LogP contribution in [0.5, 0.6) is 5.75 Å². The first kappa shape index (κ1) is 12.1. The van der Waals surface area contributed by atoms with Crippen LogP contribution in [-0.4, -0.2) is 29.6 Å². The maximum atomic E-state index is 10.1. The van der Waals surface area contributed by atoms with Crippen molar-refractivity contribution < 1.29 is 9.09 Å². The molecule has 0 spiro atoms. The van der Waals surface area contributed by atoms with E-state index in [1.165, 1.54) is 5.56 Å². The van der Waals surface area contributed by atoms with Crippen molar-refractivity contribution in [3.8, 4) is 5.75 Å². The molecule has 0 heterocycles. The molecule has 0 aromatic heterocycles. The Balaban J connectivity index is 0.00000121. The number of hydrogen-bond donors (Lipinski definition) is 0. The van der Waals surface area contributed by atoms with Crippen LogP contribution in [-0.2, 0) is 4.57 Å². The minimum Gasteiger partial charge on any atom is -0.256 e. The van der Waals surface area contributed by atoms with Crippen LogP contribution in [0.4, 0.5) is 0 Å². The summed E-state index contributed by atoms with van der Waals surface area (Å²) in [7, 11) is -0.722. The van der Waals surface area contributed by atoms with Crippen LogP contribution in [0, 0.1) is 13.8 Å². The van der Waals surface area contributed by atoms with Gasteiger partial charge in [0.05, 0.1) is 0 Å². The fourth-order valence-corrected chi connectivity index (χ4v) is 1.28. The normalized spacial score (nSPS) is 9.17. The maximum absolute atomic E-state index is 10.1. The van der Waals surface area contributed by atoms with Crippen molar-refractivity contribution in [1.29, 1.82) is 0 Å². The zero-order valence-corrected chi connectivity index (χ0v) is 10.5. The van der Waals surface area contributed by atoms with E-state index in [0.717, 1.165) is 5.56 Å². The van der Waals surface area contributed by atoms with Crippen molar-refractivity contribution in [3.05, 3.63) is 29.3 Å². The van der Waals surface area contributed by atoms with Gasteiger partial charge in [-0.3, -0.25) is 4.52 Å². The molecule has 1 rings (SSSR count). The Labute approximate surface area is 95.9 Å². The first-order valence-electron chi connectivity index (χ1n) is 3.35. The van der Waals surface area contributed by atoms with Crippen LogP contribution in [0.1, 0.15) is 11.1 Å². The van der Waals surface area contributed by atoms with Gasteiger partial charge in [-0.05, 0) is 30.0 Å². The number of aryl methyl sites for hydroxylation is 2. The molecular formula is C8H10NaO2P+. The Morgan fingerprint density at radius 2 is 2.00 bits per heavy atom. The molecular weight excluding hydrogens is 182 g/mol. The van der Waals surface area contributed by atoms with Crippen LogP contribution in [0.15, 0.2) is 18.2 Å². The summed E-state index contributed by atoms with van der Waals surface area (Å²) < 4.78 is 15.0. The minimum absolute atomic E-state index is 0. The largest absolute Gasteiger partial charge is 0.542 e. The Morgan fingerprint density at radius 3 is 2.50 bits per heavy atom. The Kier molecular flexibility index (Phi) is 5.77. The molecule has 2 nitrogen and oxygen atoms in total. The van der Waals surface area contributed by atoms with Gasteiger partial charge in [-0.2, -0.15) is 0 Å². The molecule has 0 aliphatic rings. The quantitative estimate of drug-likeness (QED) is 0.530. The molecule has 0 saturated carbocycles. The summed E-state index contributed by atoms with van der Waals surface area (Å²) in [6.07, 6.45) is 0. The summed E-state index contributed by atoms with van der Waals surface area (Å²) in [5, 5.41) is 0. The molecule has 0 fully saturated rings. The van der Waals surface area contributed by atoms with Crippen LogP contribution in [0.2, 0.25) is 0 Å². The molecule has 1 radical (unpaired) electrons. The smallest absolute Gasteiger partial charge is 0.256 e. The summed E-state index contributed by atoms with van der Waals surface area (Å²) in [5.74, 6) is 0.698. The predicted octanol–water partition coefficient (Wildman–Crippen LogP) is 2.24. The first-order chi connectivity index (χ1) is 5.24. The van der Waals surface area contributed by atoms with Gasteiger partial charge in [0.15, 0.2) is 5.75 Å². The monoisotopic (exact) mass is 192 g/mol. The summed E-state index contributed by atoms with van der Waals surface area (Å²) in [4.78, 5) is 0. The van der Waals surface area contributed by atoms with Crippen molar-refractivity contribution in [1.82, 2.24) is 0 Å². The standard InChI is InChI=1S/C8H10O2P.Na/c1-6-3-4-8(10-11-9)7(2)5-6;/h3-5,11H,1-2H3;/q+1;. The van der Waals surface area contributed by atoms with Crippen LogP contribution >= 0.6 is 8.69 Å². The molecule has 1 aromatic rings. The second-order valence-corrected chi connectivity index (χ2v) is 2.83. The summed E-state index contributed by atoms with van der Waals surface area (Å²) in [5.41, 5.74) is 2.21. The van der Waals surface area contributed by atoms with Crippen LogP contribution in [0.25, 0.3) is 0 Å². The van der Waals surface area contributed by atoms with Crippen molar-refractivity contribution in [3.63, 3.8) is 0 Å². The molecule has 0 N–H and O–H groups in total. The van der Waals surface area contributed by atoms with E-state index < -0.39 is 8.69 Å². The summed E-state index contributed by atoms with van der Waals surface area (Å²) in [6, 6.07) is 5.76. The van der Waals surface area contributed by atoms with E-state index >= 15 is 0 Å². The van der Waals surface area contributed by atoms with Gasteiger partial charge >= 0.3 is 8.69 Å². The van der Waals surface area contributed by atoms with Gasteiger partial charge < -0.3 is 0 Å². The average Bonchev–Trinajstić information content (AvgIpc) is 1.95. The molecule has 12 heavy (non-hydrogen) atoms. The predicted molar refractivity (Wildman–Crippen MR) is 51.3 cm³/mol. The Bertz CT molecular complexity index is 276. The maximum Gasteiger partial charge on any atom is 0.542 e. The van der Waals surface area contributed by atoms with Crippen molar-refractivity contribution >= 4 is 38.2 Å². The zero-order valence-electron chi connectivity index (χ0n) is 7.55. The molecule has 0 aliphatic heterocycles.